The minimum absolute atomic E-state index is 0.238. The van der Waals surface area contributed by atoms with Gasteiger partial charge < -0.3 is 9.94 Å². The number of aliphatic hydroxyl groups is 1. The third kappa shape index (κ3) is 3.03. The number of hydrogen-bond donors (Lipinski definition) is 2. The summed E-state index contributed by atoms with van der Waals surface area (Å²) >= 11 is 0. The molecule has 0 heterocycles. The number of rotatable bonds is 4. The van der Waals surface area contributed by atoms with Crippen LogP contribution in [0.1, 0.15) is 6.92 Å². The van der Waals surface area contributed by atoms with E-state index in [4.69, 9.17) is 5.11 Å². The molecule has 0 aromatic heterocycles. The van der Waals surface area contributed by atoms with E-state index in [0.717, 1.165) is 0 Å². The van der Waals surface area contributed by atoms with Crippen molar-refractivity contribution in [3.8, 4) is 0 Å². The van der Waals surface area contributed by atoms with Crippen LogP contribution in [0.15, 0.2) is 0 Å². The molecule has 0 spiro atoms. The molecule has 0 aromatic carbocycles. The smallest absolute Gasteiger partial charge is 0.337 e. The fraction of sp³-hybridized carbons (Fsp3) is 0.600. The average molecular weight is 147 g/mol. The Balaban J connectivity index is 3.51. The number of aliphatic hydroxyl groups excluding tert-OH is 1. The van der Waals surface area contributed by atoms with Crippen molar-refractivity contribution >= 4 is 12.4 Å². The standard InChI is InChI=1S/C5H9NO4/c1-4(2-7)5(9)10-6-3-8/h3-4,7H,2H2,1H3,(H,6,8). The minimum Gasteiger partial charge on any atom is -0.395 e. The van der Waals surface area contributed by atoms with Crippen molar-refractivity contribution < 1.29 is 19.5 Å². The highest BCUT2D eigenvalue weighted by atomic mass is 16.7. The molecule has 0 aromatic rings. The predicted octanol–water partition coefficient (Wildman–Crippen LogP) is -1.18. The van der Waals surface area contributed by atoms with E-state index in [-0.39, 0.29) is 13.0 Å². The van der Waals surface area contributed by atoms with Gasteiger partial charge in [-0.3, -0.25) is 4.79 Å². The first-order valence-corrected chi connectivity index (χ1v) is 2.73. The van der Waals surface area contributed by atoms with Gasteiger partial charge >= 0.3 is 5.97 Å². The van der Waals surface area contributed by atoms with Crippen molar-refractivity contribution in [2.45, 2.75) is 6.92 Å². The van der Waals surface area contributed by atoms with Gasteiger partial charge in [-0.25, -0.2) is 4.79 Å². The molecule has 0 aliphatic heterocycles. The summed E-state index contributed by atoms with van der Waals surface area (Å²) in [7, 11) is 0. The van der Waals surface area contributed by atoms with Gasteiger partial charge in [0, 0.05) is 0 Å². The molecule has 1 unspecified atom stereocenters. The maximum atomic E-state index is 10.5. The van der Waals surface area contributed by atoms with Gasteiger partial charge in [-0.2, -0.15) is 5.48 Å². The highest BCUT2D eigenvalue weighted by Gasteiger charge is 2.12. The summed E-state index contributed by atoms with van der Waals surface area (Å²) in [6.07, 6.45) is 0.238. The van der Waals surface area contributed by atoms with Crippen LogP contribution in [0.2, 0.25) is 0 Å². The molecule has 0 fully saturated rings. The minimum atomic E-state index is -0.658. The molecule has 0 bridgehead atoms. The predicted molar refractivity (Wildman–Crippen MR) is 31.5 cm³/mol. The zero-order valence-corrected chi connectivity index (χ0v) is 5.53. The number of amides is 1. The molecule has 0 aliphatic rings. The first kappa shape index (κ1) is 8.90. The number of hydrogen-bond acceptors (Lipinski definition) is 4. The van der Waals surface area contributed by atoms with Crippen LogP contribution in [0.3, 0.4) is 0 Å². The second-order valence-corrected chi connectivity index (χ2v) is 1.74. The van der Waals surface area contributed by atoms with Gasteiger partial charge in [-0.15, -0.1) is 0 Å². The molecule has 5 nitrogen and oxygen atoms in total. The molecule has 0 saturated carbocycles. The van der Waals surface area contributed by atoms with Crippen molar-refractivity contribution in [3.63, 3.8) is 0 Å². The van der Waals surface area contributed by atoms with E-state index in [2.05, 4.69) is 4.84 Å². The maximum absolute atomic E-state index is 10.5. The Morgan fingerprint density at radius 1 is 1.90 bits per heavy atom. The lowest BCUT2D eigenvalue weighted by molar-refractivity contribution is -0.159. The van der Waals surface area contributed by atoms with Crippen molar-refractivity contribution in [1.29, 1.82) is 0 Å². The highest BCUT2D eigenvalue weighted by Crippen LogP contribution is 1.93. The van der Waals surface area contributed by atoms with Crippen LogP contribution in [0.25, 0.3) is 0 Å². The second kappa shape index (κ2) is 4.75. The summed E-state index contributed by atoms with van der Waals surface area (Å²) in [6.45, 7) is 1.19. The van der Waals surface area contributed by atoms with Crippen molar-refractivity contribution in [3.05, 3.63) is 0 Å². The van der Waals surface area contributed by atoms with E-state index in [1.54, 1.807) is 5.48 Å². The molecule has 1 amide bonds. The third-order valence-corrected chi connectivity index (χ3v) is 0.884. The Hall–Kier alpha value is -1.10. The Labute approximate surface area is 57.9 Å². The molecule has 1 atom stereocenters. The van der Waals surface area contributed by atoms with Crippen molar-refractivity contribution in [1.82, 2.24) is 5.48 Å². The van der Waals surface area contributed by atoms with E-state index in [9.17, 15) is 9.59 Å². The number of hydroxylamine groups is 1. The summed E-state index contributed by atoms with van der Waals surface area (Å²) in [5.41, 5.74) is 1.72. The highest BCUT2D eigenvalue weighted by molar-refractivity contribution is 5.72. The van der Waals surface area contributed by atoms with Crippen LogP contribution in [0.5, 0.6) is 0 Å². The van der Waals surface area contributed by atoms with Crippen LogP contribution in [-0.2, 0) is 14.4 Å². The third-order valence-electron chi connectivity index (χ3n) is 0.884. The van der Waals surface area contributed by atoms with Crippen LogP contribution < -0.4 is 5.48 Å². The van der Waals surface area contributed by atoms with Crippen LogP contribution in [0.4, 0.5) is 0 Å². The summed E-state index contributed by atoms with van der Waals surface area (Å²) in [4.78, 5) is 24.2. The Morgan fingerprint density at radius 2 is 2.50 bits per heavy atom. The van der Waals surface area contributed by atoms with Crippen LogP contribution in [0, 0.1) is 5.92 Å². The quantitative estimate of drug-likeness (QED) is 0.387. The Bertz CT molecular complexity index is 125. The molecule has 10 heavy (non-hydrogen) atoms. The monoisotopic (exact) mass is 147 g/mol. The lowest BCUT2D eigenvalue weighted by Gasteiger charge is -2.04. The fourth-order valence-electron chi connectivity index (χ4n) is 0.257. The molecule has 5 heteroatoms. The van der Waals surface area contributed by atoms with Gasteiger partial charge in [0.15, 0.2) is 0 Å². The molecular weight excluding hydrogens is 138 g/mol. The fourth-order valence-corrected chi connectivity index (χ4v) is 0.257. The summed E-state index contributed by atoms with van der Waals surface area (Å²) in [5, 5.41) is 8.39. The lowest BCUT2D eigenvalue weighted by Crippen LogP contribution is -2.25. The van der Waals surface area contributed by atoms with Gasteiger partial charge in [-0.05, 0) is 6.92 Å². The van der Waals surface area contributed by atoms with E-state index >= 15 is 0 Å². The van der Waals surface area contributed by atoms with Crippen LogP contribution in [-0.4, -0.2) is 24.1 Å². The van der Waals surface area contributed by atoms with Crippen molar-refractivity contribution in [2.24, 2.45) is 5.92 Å². The Kier molecular flexibility index (Phi) is 4.23. The second-order valence-electron chi connectivity index (χ2n) is 1.74. The lowest BCUT2D eigenvalue weighted by atomic mass is 10.2. The molecule has 0 aliphatic carbocycles. The molecule has 0 saturated heterocycles. The number of nitrogens with one attached hydrogen (secondary N) is 1. The van der Waals surface area contributed by atoms with Gasteiger partial charge in [-0.1, -0.05) is 0 Å². The normalized spacial score (nSPS) is 11.8. The van der Waals surface area contributed by atoms with E-state index in [1.807, 2.05) is 0 Å². The SMILES string of the molecule is CC(CO)C(=O)ONC=O. The maximum Gasteiger partial charge on any atom is 0.337 e. The molecule has 0 radical (unpaired) electrons. The van der Waals surface area contributed by atoms with Gasteiger partial charge in [0.1, 0.15) is 0 Å². The Morgan fingerprint density at radius 3 is 2.90 bits per heavy atom. The van der Waals surface area contributed by atoms with Crippen molar-refractivity contribution in [2.75, 3.05) is 6.61 Å². The molecule has 0 rings (SSSR count). The summed E-state index contributed by atoms with van der Waals surface area (Å²) < 4.78 is 0. The summed E-state index contributed by atoms with van der Waals surface area (Å²) in [5.74, 6) is -1.26. The summed E-state index contributed by atoms with van der Waals surface area (Å²) in [6, 6.07) is 0. The molecule has 2 N–H and O–H groups in total. The number of carbonyl (C=O) groups excluding carboxylic acids is 2. The van der Waals surface area contributed by atoms with Gasteiger partial charge in [0.25, 0.3) is 0 Å². The largest absolute Gasteiger partial charge is 0.395 e. The average Bonchev–Trinajstić information content (AvgIpc) is 1.98. The number of carbonyl (C=O) groups is 2. The topological polar surface area (TPSA) is 75.6 Å². The zero-order valence-electron chi connectivity index (χ0n) is 5.53. The molecule has 58 valence electrons. The van der Waals surface area contributed by atoms with E-state index < -0.39 is 11.9 Å². The van der Waals surface area contributed by atoms with Gasteiger partial charge in [0.05, 0.1) is 12.5 Å². The van der Waals surface area contributed by atoms with E-state index in [1.165, 1.54) is 6.92 Å². The first-order valence-electron chi connectivity index (χ1n) is 2.73. The first-order chi connectivity index (χ1) is 4.72. The zero-order chi connectivity index (χ0) is 7.98. The van der Waals surface area contributed by atoms with Gasteiger partial charge in [0.2, 0.25) is 6.41 Å². The van der Waals surface area contributed by atoms with Crippen LogP contribution >= 0.6 is 0 Å². The van der Waals surface area contributed by atoms with E-state index in [0.29, 0.717) is 0 Å². The molecular formula is C5H9NO4.